The van der Waals surface area contributed by atoms with E-state index in [0.717, 1.165) is 39.5 Å². The van der Waals surface area contributed by atoms with Crippen molar-refractivity contribution in [3.8, 4) is 5.69 Å². The molecule has 0 saturated carbocycles. The number of amides is 1. The van der Waals surface area contributed by atoms with E-state index < -0.39 is 5.97 Å². The SMILES string of the molecule is Cc1cccc(N=C2NC(=O)/C(=C/c3cc(C)n(-c4ccc(C(=O)O)c(Cl)c4)c3C)S2)c1C. The molecule has 1 fully saturated rings. The van der Waals surface area contributed by atoms with Crippen molar-refractivity contribution in [3.05, 3.63) is 86.0 Å². The van der Waals surface area contributed by atoms with Crippen LogP contribution in [0.1, 0.15) is 38.4 Å². The molecule has 33 heavy (non-hydrogen) atoms. The molecule has 4 rings (SSSR count). The van der Waals surface area contributed by atoms with E-state index in [1.54, 1.807) is 12.1 Å². The molecule has 1 saturated heterocycles. The van der Waals surface area contributed by atoms with Gasteiger partial charge in [0.05, 0.1) is 21.2 Å². The van der Waals surface area contributed by atoms with Crippen LogP contribution in [0.4, 0.5) is 5.69 Å². The number of aromatic carboxylic acids is 1. The van der Waals surface area contributed by atoms with Gasteiger partial charge >= 0.3 is 5.97 Å². The number of nitrogens with one attached hydrogen (secondary N) is 1. The maximum absolute atomic E-state index is 12.6. The van der Waals surface area contributed by atoms with Crippen LogP contribution in [0.25, 0.3) is 11.8 Å². The van der Waals surface area contributed by atoms with Crippen molar-refractivity contribution in [2.45, 2.75) is 27.7 Å². The summed E-state index contributed by atoms with van der Waals surface area (Å²) in [5.74, 6) is -1.26. The summed E-state index contributed by atoms with van der Waals surface area (Å²) in [6, 6.07) is 12.7. The van der Waals surface area contributed by atoms with Gasteiger partial charge in [-0.05, 0) is 92.6 Å². The number of carboxylic acid groups (broad SMARTS) is 1. The van der Waals surface area contributed by atoms with Gasteiger partial charge in [0.15, 0.2) is 5.17 Å². The molecule has 2 N–H and O–H groups in total. The van der Waals surface area contributed by atoms with Gasteiger partial charge < -0.3 is 15.0 Å². The Morgan fingerprint density at radius 3 is 2.61 bits per heavy atom. The van der Waals surface area contributed by atoms with Gasteiger partial charge in [-0.25, -0.2) is 9.79 Å². The van der Waals surface area contributed by atoms with E-state index in [4.69, 9.17) is 11.6 Å². The predicted molar refractivity (Wildman–Crippen MR) is 134 cm³/mol. The minimum Gasteiger partial charge on any atom is -0.478 e. The first-order valence-electron chi connectivity index (χ1n) is 10.2. The molecule has 0 aliphatic carbocycles. The Morgan fingerprint density at radius 2 is 1.91 bits per heavy atom. The van der Waals surface area contributed by atoms with Gasteiger partial charge in [-0.1, -0.05) is 23.7 Å². The predicted octanol–water partition coefficient (Wildman–Crippen LogP) is 5.95. The maximum Gasteiger partial charge on any atom is 0.337 e. The number of aryl methyl sites for hydroxylation is 2. The van der Waals surface area contributed by atoms with Crippen LogP contribution in [0.2, 0.25) is 5.02 Å². The minimum atomic E-state index is -1.07. The highest BCUT2D eigenvalue weighted by atomic mass is 35.5. The van der Waals surface area contributed by atoms with Gasteiger partial charge in [0.1, 0.15) is 0 Å². The van der Waals surface area contributed by atoms with E-state index in [1.165, 1.54) is 17.8 Å². The number of hydrogen-bond acceptors (Lipinski definition) is 4. The molecule has 1 aliphatic rings. The molecular weight excluding hydrogens is 458 g/mol. The lowest BCUT2D eigenvalue weighted by atomic mass is 10.1. The zero-order valence-corrected chi connectivity index (χ0v) is 20.1. The average molecular weight is 480 g/mol. The van der Waals surface area contributed by atoms with Crippen molar-refractivity contribution in [2.75, 3.05) is 0 Å². The number of amidine groups is 1. The summed E-state index contributed by atoms with van der Waals surface area (Å²) in [6.07, 6.45) is 1.84. The molecule has 2 aromatic carbocycles. The largest absolute Gasteiger partial charge is 0.478 e. The van der Waals surface area contributed by atoms with Crippen LogP contribution in [0.15, 0.2) is 52.4 Å². The minimum absolute atomic E-state index is 0.0555. The number of carbonyl (C=O) groups is 2. The van der Waals surface area contributed by atoms with Crippen molar-refractivity contribution < 1.29 is 14.7 Å². The Kier molecular flexibility index (Phi) is 6.19. The van der Waals surface area contributed by atoms with Crippen LogP contribution in [0.3, 0.4) is 0 Å². The third kappa shape index (κ3) is 4.47. The van der Waals surface area contributed by atoms with Gasteiger partial charge in [-0.15, -0.1) is 0 Å². The molecule has 168 valence electrons. The summed E-state index contributed by atoms with van der Waals surface area (Å²) in [4.78, 5) is 29.0. The number of rotatable bonds is 4. The first-order valence-corrected chi connectivity index (χ1v) is 11.4. The molecule has 1 aromatic heterocycles. The van der Waals surface area contributed by atoms with Gasteiger partial charge in [0.2, 0.25) is 0 Å². The normalized spacial score (nSPS) is 16.0. The van der Waals surface area contributed by atoms with Crippen LogP contribution in [-0.4, -0.2) is 26.7 Å². The molecule has 8 heteroatoms. The summed E-state index contributed by atoms with van der Waals surface area (Å²) in [6.45, 7) is 7.93. The quantitative estimate of drug-likeness (QED) is 0.452. The fraction of sp³-hybridized carbons (Fsp3) is 0.160. The Hall–Kier alpha value is -3.29. The number of benzene rings is 2. The van der Waals surface area contributed by atoms with Crippen molar-refractivity contribution in [1.29, 1.82) is 0 Å². The van der Waals surface area contributed by atoms with Gasteiger partial charge in [0.25, 0.3) is 5.91 Å². The molecule has 0 bridgehead atoms. The van der Waals surface area contributed by atoms with Crippen LogP contribution < -0.4 is 5.32 Å². The molecule has 0 radical (unpaired) electrons. The smallest absolute Gasteiger partial charge is 0.337 e. The Bertz CT molecular complexity index is 1370. The van der Waals surface area contributed by atoms with E-state index in [-0.39, 0.29) is 16.5 Å². The van der Waals surface area contributed by atoms with Crippen LogP contribution in [0, 0.1) is 27.7 Å². The Balaban J connectivity index is 1.66. The summed E-state index contributed by atoms with van der Waals surface area (Å²) in [5.41, 5.74) is 6.60. The molecule has 0 spiro atoms. The third-order valence-corrected chi connectivity index (χ3v) is 6.87. The Morgan fingerprint density at radius 1 is 1.15 bits per heavy atom. The average Bonchev–Trinajstić information content (AvgIpc) is 3.23. The zero-order chi connectivity index (χ0) is 23.9. The highest BCUT2D eigenvalue weighted by Gasteiger charge is 2.25. The molecule has 2 heterocycles. The molecule has 0 unspecified atom stereocenters. The molecule has 1 aliphatic heterocycles. The number of aromatic nitrogens is 1. The number of carboxylic acids is 1. The van der Waals surface area contributed by atoms with Crippen molar-refractivity contribution in [1.82, 2.24) is 9.88 Å². The topological polar surface area (TPSA) is 83.7 Å². The number of hydrogen-bond donors (Lipinski definition) is 2. The fourth-order valence-corrected chi connectivity index (χ4v) is 4.82. The third-order valence-electron chi connectivity index (χ3n) is 5.65. The lowest BCUT2D eigenvalue weighted by molar-refractivity contribution is -0.115. The van der Waals surface area contributed by atoms with Crippen molar-refractivity contribution >= 4 is 52.2 Å². The zero-order valence-electron chi connectivity index (χ0n) is 18.6. The molecule has 6 nitrogen and oxygen atoms in total. The van der Waals surface area contributed by atoms with Crippen molar-refractivity contribution in [3.63, 3.8) is 0 Å². The van der Waals surface area contributed by atoms with Crippen LogP contribution >= 0.6 is 23.4 Å². The molecular formula is C25H22ClN3O3S. The van der Waals surface area contributed by atoms with Crippen molar-refractivity contribution in [2.24, 2.45) is 4.99 Å². The summed E-state index contributed by atoms with van der Waals surface area (Å²) < 4.78 is 1.98. The fourth-order valence-electron chi connectivity index (χ4n) is 3.74. The number of carbonyl (C=O) groups excluding carboxylic acids is 1. The number of thioether (sulfide) groups is 1. The first-order chi connectivity index (χ1) is 15.7. The summed E-state index contributed by atoms with van der Waals surface area (Å²) in [5, 5.41) is 12.8. The van der Waals surface area contributed by atoms with E-state index in [0.29, 0.717) is 10.1 Å². The molecule has 0 atom stereocenters. The second kappa shape index (κ2) is 8.92. The lowest BCUT2D eigenvalue weighted by Gasteiger charge is -2.11. The second-order valence-corrected chi connectivity index (χ2v) is 9.27. The summed E-state index contributed by atoms with van der Waals surface area (Å²) >= 11 is 7.48. The monoisotopic (exact) mass is 479 g/mol. The number of nitrogens with zero attached hydrogens (tertiary/aromatic N) is 2. The molecule has 3 aromatic rings. The lowest BCUT2D eigenvalue weighted by Crippen LogP contribution is -2.19. The highest BCUT2D eigenvalue weighted by molar-refractivity contribution is 8.18. The van der Waals surface area contributed by atoms with Gasteiger partial charge in [0, 0.05) is 17.1 Å². The van der Waals surface area contributed by atoms with Crippen LogP contribution in [-0.2, 0) is 4.79 Å². The van der Waals surface area contributed by atoms with E-state index in [2.05, 4.69) is 10.3 Å². The van der Waals surface area contributed by atoms with E-state index in [9.17, 15) is 14.7 Å². The Labute approximate surface area is 201 Å². The highest BCUT2D eigenvalue weighted by Crippen LogP contribution is 2.32. The van der Waals surface area contributed by atoms with Gasteiger partial charge in [-0.2, -0.15) is 0 Å². The molecule has 1 amide bonds. The number of aliphatic imine (C=N–C) groups is 1. The van der Waals surface area contributed by atoms with Crippen LogP contribution in [0.5, 0.6) is 0 Å². The summed E-state index contributed by atoms with van der Waals surface area (Å²) in [7, 11) is 0. The van der Waals surface area contributed by atoms with E-state index >= 15 is 0 Å². The first kappa shape index (κ1) is 22.9. The standard InChI is InChI=1S/C25H22ClN3O3S/c1-13-6-5-7-21(15(13)3)27-25-28-23(30)22(33-25)11-17-10-14(2)29(16(17)4)18-8-9-19(24(31)32)20(26)12-18/h5-12H,1-4H3,(H,31,32)(H,27,28,30)/b22-11-. The van der Waals surface area contributed by atoms with E-state index in [1.807, 2.05) is 62.6 Å². The number of halogens is 1. The second-order valence-electron chi connectivity index (χ2n) is 7.83. The maximum atomic E-state index is 12.6. The van der Waals surface area contributed by atoms with Gasteiger partial charge in [-0.3, -0.25) is 4.79 Å².